The minimum atomic E-state index is -4.24. The maximum atomic E-state index is 13.1. The van der Waals surface area contributed by atoms with Gasteiger partial charge in [0.05, 0.1) is 18.3 Å². The van der Waals surface area contributed by atoms with E-state index in [1.807, 2.05) is 12.3 Å². The van der Waals surface area contributed by atoms with Crippen molar-refractivity contribution in [2.75, 3.05) is 16.5 Å². The van der Waals surface area contributed by atoms with Crippen LogP contribution < -0.4 is 14.9 Å². The van der Waals surface area contributed by atoms with Gasteiger partial charge in [-0.1, -0.05) is 17.4 Å². The lowest BCUT2D eigenvalue weighted by Gasteiger charge is -2.26. The van der Waals surface area contributed by atoms with Crippen molar-refractivity contribution in [1.29, 1.82) is 0 Å². The fourth-order valence-corrected chi connectivity index (χ4v) is 5.46. The van der Waals surface area contributed by atoms with Gasteiger partial charge in [-0.25, -0.2) is 27.8 Å². The Morgan fingerprint density at radius 3 is 2.61 bits per heavy atom. The summed E-state index contributed by atoms with van der Waals surface area (Å²) in [5.74, 6) is -0.875. The lowest BCUT2D eigenvalue weighted by molar-refractivity contribution is -0.117. The first-order valence-electron chi connectivity index (χ1n) is 9.27. The number of rotatable bonds is 5. The SMILES string of the molecule is CSc1ccc2c(c1)C(=O)N(c1ccc(NC(=O)NS(=O)(=O)c3ccc(F)s3)cn1)C(=O)C2. The summed E-state index contributed by atoms with van der Waals surface area (Å²) >= 11 is 1.85. The number of anilines is 2. The predicted molar refractivity (Wildman–Crippen MR) is 122 cm³/mol. The fraction of sp³-hybridized carbons (Fsp3) is 0.100. The molecule has 13 heteroatoms. The summed E-state index contributed by atoms with van der Waals surface area (Å²) in [7, 11) is -4.24. The van der Waals surface area contributed by atoms with E-state index in [9.17, 15) is 27.2 Å². The van der Waals surface area contributed by atoms with Crippen molar-refractivity contribution < 1.29 is 27.2 Å². The number of amides is 4. The lowest BCUT2D eigenvalue weighted by atomic mass is 9.98. The van der Waals surface area contributed by atoms with Gasteiger partial charge in [-0.2, -0.15) is 4.39 Å². The minimum Gasteiger partial charge on any atom is -0.306 e. The smallest absolute Gasteiger partial charge is 0.306 e. The molecule has 4 rings (SSSR count). The molecular weight excluding hydrogens is 491 g/mol. The fourth-order valence-electron chi connectivity index (χ4n) is 3.11. The van der Waals surface area contributed by atoms with Crippen LogP contribution in [0.3, 0.4) is 0 Å². The number of nitrogens with zero attached hydrogens (tertiary/aromatic N) is 2. The van der Waals surface area contributed by atoms with Gasteiger partial charge >= 0.3 is 6.03 Å². The van der Waals surface area contributed by atoms with Gasteiger partial charge in [0.2, 0.25) is 5.91 Å². The number of pyridine rings is 1. The summed E-state index contributed by atoms with van der Waals surface area (Å²) in [6.45, 7) is 0. The zero-order valence-electron chi connectivity index (χ0n) is 16.9. The van der Waals surface area contributed by atoms with E-state index in [1.54, 1.807) is 16.9 Å². The van der Waals surface area contributed by atoms with E-state index in [1.165, 1.54) is 30.1 Å². The molecular formula is C20H15FN4O5S3. The largest absolute Gasteiger partial charge is 0.333 e. The molecule has 0 unspecified atom stereocenters. The standard InChI is InChI=1S/C20H15FN4O5S3/c1-31-13-4-2-11-8-17(26)25(19(27)14(11)9-13)16-6-3-12(10-22-16)23-20(28)24-33(29,30)18-7-5-15(21)32-18/h2-7,9-10H,8H2,1H3,(H2,23,24,28). The van der Waals surface area contributed by atoms with Gasteiger partial charge in [0, 0.05) is 10.5 Å². The molecule has 0 saturated heterocycles. The normalized spacial score (nSPS) is 13.6. The molecule has 0 radical (unpaired) electrons. The first-order chi connectivity index (χ1) is 15.7. The molecule has 0 saturated carbocycles. The highest BCUT2D eigenvalue weighted by Gasteiger charge is 2.33. The molecule has 33 heavy (non-hydrogen) atoms. The van der Waals surface area contributed by atoms with Crippen LogP contribution in [0.5, 0.6) is 0 Å². The number of urea groups is 1. The number of carbonyl (C=O) groups excluding carboxylic acids is 3. The molecule has 0 aliphatic carbocycles. The zero-order chi connectivity index (χ0) is 23.8. The molecule has 0 atom stereocenters. The molecule has 3 heterocycles. The molecule has 1 aliphatic rings. The number of thioether (sulfide) groups is 1. The topological polar surface area (TPSA) is 126 Å². The maximum absolute atomic E-state index is 13.1. The molecule has 3 aromatic rings. The van der Waals surface area contributed by atoms with Crippen LogP contribution in [0.4, 0.5) is 20.7 Å². The third-order valence-corrected chi connectivity index (χ3v) is 8.04. The van der Waals surface area contributed by atoms with Gasteiger partial charge in [0.1, 0.15) is 10.0 Å². The Morgan fingerprint density at radius 1 is 1.18 bits per heavy atom. The number of thiophene rings is 1. The second kappa shape index (κ2) is 8.92. The molecule has 1 aromatic carbocycles. The van der Waals surface area contributed by atoms with E-state index in [4.69, 9.17) is 0 Å². The Bertz CT molecular complexity index is 1370. The molecule has 9 nitrogen and oxygen atoms in total. The van der Waals surface area contributed by atoms with Crippen molar-refractivity contribution in [2.45, 2.75) is 15.5 Å². The van der Waals surface area contributed by atoms with Crippen LogP contribution in [0.1, 0.15) is 15.9 Å². The molecule has 170 valence electrons. The van der Waals surface area contributed by atoms with Gasteiger partial charge in [-0.15, -0.1) is 11.8 Å². The van der Waals surface area contributed by atoms with Gasteiger partial charge < -0.3 is 5.32 Å². The summed E-state index contributed by atoms with van der Waals surface area (Å²) < 4.78 is 38.7. The van der Waals surface area contributed by atoms with Gasteiger partial charge in [-0.3, -0.25) is 9.59 Å². The van der Waals surface area contributed by atoms with E-state index in [-0.39, 0.29) is 22.1 Å². The van der Waals surface area contributed by atoms with Crippen LogP contribution in [0, 0.1) is 5.13 Å². The van der Waals surface area contributed by atoms with Crippen LogP contribution >= 0.6 is 23.1 Å². The number of imide groups is 1. The molecule has 0 spiro atoms. The van der Waals surface area contributed by atoms with Gasteiger partial charge in [0.15, 0.2) is 5.13 Å². The lowest BCUT2D eigenvalue weighted by Crippen LogP contribution is -2.43. The highest BCUT2D eigenvalue weighted by atomic mass is 32.2. The number of sulfonamides is 1. The summed E-state index contributed by atoms with van der Waals surface area (Å²) in [6, 6.07) is 8.99. The number of nitrogens with one attached hydrogen (secondary N) is 2. The van der Waals surface area contributed by atoms with E-state index in [2.05, 4.69) is 10.3 Å². The van der Waals surface area contributed by atoms with Crippen LogP contribution in [-0.2, 0) is 21.2 Å². The third kappa shape index (κ3) is 4.74. The van der Waals surface area contributed by atoms with E-state index < -0.39 is 33.0 Å². The number of halogens is 1. The average Bonchev–Trinajstić information content (AvgIpc) is 3.22. The Labute approximate surface area is 196 Å². The van der Waals surface area contributed by atoms with E-state index in [0.717, 1.165) is 21.9 Å². The number of hydrogen-bond donors (Lipinski definition) is 2. The molecule has 0 bridgehead atoms. The molecule has 1 aliphatic heterocycles. The van der Waals surface area contributed by atoms with Crippen molar-refractivity contribution >= 4 is 62.5 Å². The Hall–Kier alpha value is -3.29. The highest BCUT2D eigenvalue weighted by molar-refractivity contribution is 7.98. The quantitative estimate of drug-likeness (QED) is 0.402. The van der Waals surface area contributed by atoms with Crippen LogP contribution in [-0.4, -0.2) is 37.5 Å². The summed E-state index contributed by atoms with van der Waals surface area (Å²) in [5, 5.41) is 1.58. The molecule has 2 N–H and O–H groups in total. The monoisotopic (exact) mass is 506 g/mol. The summed E-state index contributed by atoms with van der Waals surface area (Å²) in [4.78, 5) is 43.5. The number of hydrogen-bond acceptors (Lipinski definition) is 8. The maximum Gasteiger partial charge on any atom is 0.333 e. The van der Waals surface area contributed by atoms with Crippen molar-refractivity contribution in [3.8, 4) is 0 Å². The summed E-state index contributed by atoms with van der Waals surface area (Å²) in [6.07, 6.45) is 3.10. The molecule has 2 aromatic heterocycles. The second-order valence-electron chi connectivity index (χ2n) is 6.76. The van der Waals surface area contributed by atoms with Crippen molar-refractivity contribution in [3.05, 3.63) is 64.9 Å². The van der Waals surface area contributed by atoms with Gasteiger partial charge in [-0.05, 0) is 48.2 Å². The van der Waals surface area contributed by atoms with E-state index in [0.29, 0.717) is 22.5 Å². The average molecular weight is 507 g/mol. The number of aromatic nitrogens is 1. The second-order valence-corrected chi connectivity index (χ2v) is 10.6. The van der Waals surface area contributed by atoms with Crippen molar-refractivity contribution in [2.24, 2.45) is 0 Å². The Morgan fingerprint density at radius 2 is 1.97 bits per heavy atom. The highest BCUT2D eigenvalue weighted by Crippen LogP contribution is 2.28. The van der Waals surface area contributed by atoms with E-state index >= 15 is 0 Å². The van der Waals surface area contributed by atoms with Crippen LogP contribution in [0.2, 0.25) is 0 Å². The third-order valence-electron chi connectivity index (χ3n) is 4.62. The predicted octanol–water partition coefficient (Wildman–Crippen LogP) is 3.24. The first kappa shape index (κ1) is 22.9. The van der Waals surface area contributed by atoms with Crippen LogP contribution in [0.15, 0.2) is 57.8 Å². The molecule has 0 fully saturated rings. The van der Waals surface area contributed by atoms with Crippen molar-refractivity contribution in [3.63, 3.8) is 0 Å². The number of fused-ring (bicyclic) bond motifs is 1. The Kier molecular flexibility index (Phi) is 6.19. The van der Waals surface area contributed by atoms with Gasteiger partial charge in [0.25, 0.3) is 15.9 Å². The van der Waals surface area contributed by atoms with Crippen LogP contribution in [0.25, 0.3) is 0 Å². The Balaban J connectivity index is 1.48. The zero-order valence-corrected chi connectivity index (χ0v) is 19.3. The first-order valence-corrected chi connectivity index (χ1v) is 12.8. The molecule has 4 amide bonds. The van der Waals surface area contributed by atoms with Crippen molar-refractivity contribution in [1.82, 2.24) is 9.71 Å². The summed E-state index contributed by atoms with van der Waals surface area (Å²) in [5.41, 5.74) is 1.17. The number of carbonyl (C=O) groups is 3. The minimum absolute atomic E-state index is 0.0427. The number of benzene rings is 1.